The van der Waals surface area contributed by atoms with Gasteiger partial charge in [0.15, 0.2) is 0 Å². The van der Waals surface area contributed by atoms with Crippen molar-refractivity contribution < 1.29 is 8.42 Å². The number of hydrogen-bond acceptors (Lipinski definition) is 5. The van der Waals surface area contributed by atoms with Crippen LogP contribution in [0.1, 0.15) is 0 Å². The highest BCUT2D eigenvalue weighted by atomic mass is 35.5. The molecule has 0 spiro atoms. The second-order valence-corrected chi connectivity index (χ2v) is 7.81. The van der Waals surface area contributed by atoms with Crippen molar-refractivity contribution in [3.05, 3.63) is 47.3 Å². The lowest BCUT2D eigenvalue weighted by Crippen LogP contribution is -2.12. The van der Waals surface area contributed by atoms with Crippen molar-refractivity contribution in [1.29, 1.82) is 0 Å². The summed E-state index contributed by atoms with van der Waals surface area (Å²) >= 11 is 7.52. The quantitative estimate of drug-likeness (QED) is 0.581. The Bertz CT molecular complexity index is 1130. The smallest absolute Gasteiger partial charge is 0.264 e. The molecule has 9 heteroatoms. The van der Waals surface area contributed by atoms with Crippen LogP contribution in [0.3, 0.4) is 0 Å². The molecule has 6 nitrogen and oxygen atoms in total. The van der Waals surface area contributed by atoms with Crippen molar-refractivity contribution >= 4 is 59.8 Å². The SMILES string of the molecule is O=S(=O)(Nc1ccc2c(Cl)csc2c1)c1c[nH]c2ncncc12. The van der Waals surface area contributed by atoms with Gasteiger partial charge in [-0.2, -0.15) is 0 Å². The molecule has 23 heavy (non-hydrogen) atoms. The van der Waals surface area contributed by atoms with Gasteiger partial charge in [-0.05, 0) is 18.2 Å². The van der Waals surface area contributed by atoms with Crippen LogP contribution in [0.25, 0.3) is 21.1 Å². The van der Waals surface area contributed by atoms with E-state index in [4.69, 9.17) is 11.6 Å². The predicted molar refractivity (Wildman–Crippen MR) is 91.5 cm³/mol. The minimum atomic E-state index is -3.75. The number of hydrogen-bond donors (Lipinski definition) is 2. The molecule has 116 valence electrons. The number of thiophene rings is 1. The molecular weight excluding hydrogens is 356 g/mol. The fourth-order valence-electron chi connectivity index (χ4n) is 2.33. The average molecular weight is 365 g/mol. The maximum atomic E-state index is 12.6. The molecule has 0 saturated carbocycles. The van der Waals surface area contributed by atoms with Crippen LogP contribution in [0.15, 0.2) is 47.2 Å². The lowest BCUT2D eigenvalue weighted by Gasteiger charge is -2.07. The van der Waals surface area contributed by atoms with Crippen LogP contribution in [-0.2, 0) is 10.0 Å². The van der Waals surface area contributed by atoms with Gasteiger partial charge in [0.2, 0.25) is 0 Å². The third-order valence-corrected chi connectivity index (χ3v) is 6.20. The van der Waals surface area contributed by atoms with Crippen molar-refractivity contribution in [2.75, 3.05) is 4.72 Å². The van der Waals surface area contributed by atoms with Crippen LogP contribution < -0.4 is 4.72 Å². The van der Waals surface area contributed by atoms with Crippen molar-refractivity contribution in [2.45, 2.75) is 4.90 Å². The highest BCUT2D eigenvalue weighted by Crippen LogP contribution is 2.32. The summed E-state index contributed by atoms with van der Waals surface area (Å²) in [6.45, 7) is 0. The minimum Gasteiger partial charge on any atom is -0.345 e. The van der Waals surface area contributed by atoms with Crippen LogP contribution in [0.5, 0.6) is 0 Å². The van der Waals surface area contributed by atoms with E-state index in [1.807, 2.05) is 5.38 Å². The summed E-state index contributed by atoms with van der Waals surface area (Å²) in [7, 11) is -3.75. The summed E-state index contributed by atoms with van der Waals surface area (Å²) < 4.78 is 28.7. The number of rotatable bonds is 3. The van der Waals surface area contributed by atoms with E-state index in [2.05, 4.69) is 19.7 Å². The lowest BCUT2D eigenvalue weighted by molar-refractivity contribution is 0.602. The first-order chi connectivity index (χ1) is 11.0. The van der Waals surface area contributed by atoms with Gasteiger partial charge in [-0.15, -0.1) is 11.3 Å². The highest BCUT2D eigenvalue weighted by Gasteiger charge is 2.20. The van der Waals surface area contributed by atoms with Gasteiger partial charge in [0.05, 0.1) is 16.1 Å². The van der Waals surface area contributed by atoms with Gasteiger partial charge >= 0.3 is 0 Å². The normalized spacial score (nSPS) is 12.0. The molecule has 0 atom stereocenters. The third-order valence-electron chi connectivity index (χ3n) is 3.39. The topological polar surface area (TPSA) is 87.7 Å². The van der Waals surface area contributed by atoms with Crippen LogP contribution in [0, 0.1) is 0 Å². The van der Waals surface area contributed by atoms with Crippen LogP contribution >= 0.6 is 22.9 Å². The number of aromatic amines is 1. The largest absolute Gasteiger partial charge is 0.345 e. The van der Waals surface area contributed by atoms with E-state index in [1.54, 1.807) is 18.2 Å². The second-order valence-electron chi connectivity index (χ2n) is 4.84. The lowest BCUT2D eigenvalue weighted by atomic mass is 10.2. The maximum Gasteiger partial charge on any atom is 0.264 e. The maximum absolute atomic E-state index is 12.6. The molecule has 2 N–H and O–H groups in total. The van der Waals surface area contributed by atoms with Gasteiger partial charge in [-0.3, -0.25) is 4.72 Å². The number of H-pyrrole nitrogens is 1. The number of sulfonamides is 1. The van der Waals surface area contributed by atoms with Gasteiger partial charge in [-0.1, -0.05) is 11.6 Å². The first-order valence-electron chi connectivity index (χ1n) is 6.51. The van der Waals surface area contributed by atoms with Gasteiger partial charge in [0.1, 0.15) is 16.9 Å². The predicted octanol–water partition coefficient (Wildman–Crippen LogP) is 3.63. The van der Waals surface area contributed by atoms with E-state index in [1.165, 1.54) is 30.1 Å². The summed E-state index contributed by atoms with van der Waals surface area (Å²) in [5.74, 6) is 0. The third kappa shape index (κ3) is 2.44. The number of anilines is 1. The zero-order chi connectivity index (χ0) is 16.0. The van der Waals surface area contributed by atoms with Crippen LogP contribution in [0.2, 0.25) is 5.02 Å². The summed E-state index contributed by atoms with van der Waals surface area (Å²) in [5.41, 5.74) is 0.947. The van der Waals surface area contributed by atoms with E-state index in [9.17, 15) is 8.42 Å². The molecule has 0 aliphatic carbocycles. The Morgan fingerprint density at radius 2 is 2.13 bits per heavy atom. The number of nitrogens with one attached hydrogen (secondary N) is 2. The minimum absolute atomic E-state index is 0.109. The van der Waals surface area contributed by atoms with Gasteiger partial charge < -0.3 is 4.98 Å². The Morgan fingerprint density at radius 3 is 3.00 bits per heavy atom. The first-order valence-corrected chi connectivity index (χ1v) is 9.25. The van der Waals surface area contributed by atoms with Crippen molar-refractivity contribution in [3.8, 4) is 0 Å². The van der Waals surface area contributed by atoms with Crippen molar-refractivity contribution in [2.24, 2.45) is 0 Å². The number of aromatic nitrogens is 3. The summed E-state index contributed by atoms with van der Waals surface area (Å²) in [5, 5.41) is 3.83. The Morgan fingerprint density at radius 1 is 1.26 bits per heavy atom. The molecule has 0 fully saturated rings. The molecule has 0 unspecified atom stereocenters. The Hall–Kier alpha value is -2.16. The Kier molecular flexibility index (Phi) is 3.26. The molecule has 0 radical (unpaired) electrons. The van der Waals surface area contributed by atoms with E-state index >= 15 is 0 Å². The highest BCUT2D eigenvalue weighted by molar-refractivity contribution is 7.93. The Balaban J connectivity index is 1.76. The zero-order valence-corrected chi connectivity index (χ0v) is 13.8. The summed E-state index contributed by atoms with van der Waals surface area (Å²) in [6.07, 6.45) is 4.23. The molecule has 0 bridgehead atoms. The first kappa shape index (κ1) is 14.4. The molecule has 1 aromatic carbocycles. The number of fused-ring (bicyclic) bond motifs is 2. The van der Waals surface area contributed by atoms with E-state index < -0.39 is 10.0 Å². The van der Waals surface area contributed by atoms with Crippen LogP contribution in [0.4, 0.5) is 5.69 Å². The molecule has 3 aromatic heterocycles. The fraction of sp³-hybridized carbons (Fsp3) is 0. The molecule has 3 heterocycles. The molecule has 0 aliphatic heterocycles. The monoisotopic (exact) mass is 364 g/mol. The van der Waals surface area contributed by atoms with E-state index in [0.29, 0.717) is 21.7 Å². The summed E-state index contributed by atoms with van der Waals surface area (Å²) in [4.78, 5) is 10.8. The number of benzene rings is 1. The molecular formula is C14H9ClN4O2S2. The van der Waals surface area contributed by atoms with Gasteiger partial charge in [0, 0.05) is 27.9 Å². The molecule has 4 rings (SSSR count). The molecule has 0 aliphatic rings. The summed E-state index contributed by atoms with van der Waals surface area (Å²) in [6, 6.07) is 5.24. The van der Waals surface area contributed by atoms with E-state index in [0.717, 1.165) is 10.1 Å². The van der Waals surface area contributed by atoms with Gasteiger partial charge in [0.25, 0.3) is 10.0 Å². The van der Waals surface area contributed by atoms with Crippen molar-refractivity contribution in [3.63, 3.8) is 0 Å². The number of halogens is 1. The number of nitrogens with zero attached hydrogens (tertiary/aromatic N) is 2. The van der Waals surface area contributed by atoms with E-state index in [-0.39, 0.29) is 4.90 Å². The zero-order valence-electron chi connectivity index (χ0n) is 11.4. The van der Waals surface area contributed by atoms with Crippen LogP contribution in [-0.4, -0.2) is 23.4 Å². The average Bonchev–Trinajstić information content (AvgIpc) is 3.11. The molecule has 0 saturated heterocycles. The van der Waals surface area contributed by atoms with Gasteiger partial charge in [-0.25, -0.2) is 18.4 Å². The molecule has 4 aromatic rings. The van der Waals surface area contributed by atoms with Crippen molar-refractivity contribution in [1.82, 2.24) is 15.0 Å². The second kappa shape index (κ2) is 5.19. The Labute approximate surface area is 140 Å². The molecule has 0 amide bonds. The fourth-order valence-corrected chi connectivity index (χ4v) is 4.74. The standard InChI is InChI=1S/C14H9ClN4O2S2/c15-11-6-22-12-3-8(1-2-9(11)12)19-23(20,21)13-5-17-14-10(13)4-16-7-18-14/h1-7,19H,(H,16,17,18).